The van der Waals surface area contributed by atoms with E-state index in [1.54, 1.807) is 17.8 Å². The van der Waals surface area contributed by atoms with Crippen molar-refractivity contribution in [2.45, 2.75) is 30.4 Å². The van der Waals surface area contributed by atoms with E-state index >= 15 is 0 Å². The average Bonchev–Trinajstić information content (AvgIpc) is 2.38. The van der Waals surface area contributed by atoms with Crippen LogP contribution in [0, 0.1) is 0 Å². The molecule has 0 aliphatic carbocycles. The van der Waals surface area contributed by atoms with Crippen molar-refractivity contribution in [2.75, 3.05) is 0 Å². The summed E-state index contributed by atoms with van der Waals surface area (Å²) in [7, 11) is 0. The Morgan fingerprint density at radius 2 is 1.89 bits per heavy atom. The van der Waals surface area contributed by atoms with Gasteiger partial charge in [-0.25, -0.2) is 4.79 Å². The minimum Gasteiger partial charge on any atom is -0.478 e. The zero-order chi connectivity index (χ0) is 13.1. The van der Waals surface area contributed by atoms with Crippen molar-refractivity contribution in [2.24, 2.45) is 0 Å². The maximum atomic E-state index is 11.2. The van der Waals surface area contributed by atoms with Crippen LogP contribution in [0.4, 0.5) is 0 Å². The van der Waals surface area contributed by atoms with E-state index < -0.39 is 5.97 Å². The number of rotatable bonds is 4. The second-order valence-corrected chi connectivity index (χ2v) is 5.78. The first kappa shape index (κ1) is 13.0. The zero-order valence-corrected chi connectivity index (χ0v) is 11.3. The Hall–Kier alpha value is -1.48. The monoisotopic (exact) mass is 260 g/mol. The number of hydrogen-bond donors (Lipinski definition) is 1. The van der Waals surface area contributed by atoms with E-state index in [9.17, 15) is 9.90 Å². The van der Waals surface area contributed by atoms with Gasteiger partial charge < -0.3 is 5.11 Å². The van der Waals surface area contributed by atoms with Crippen LogP contribution in [-0.4, -0.2) is 16.3 Å². The molecule has 0 aliphatic rings. The van der Waals surface area contributed by atoms with Crippen LogP contribution < -0.4 is 0 Å². The van der Waals surface area contributed by atoms with Crippen LogP contribution in [0.15, 0.2) is 41.3 Å². The topological polar surface area (TPSA) is 37.3 Å². The number of hydrogen-bond acceptors (Lipinski definition) is 2. The molecule has 0 heterocycles. The molecule has 0 radical (unpaired) electrons. The molecule has 3 heteroatoms. The number of carboxylic acid groups (broad SMARTS) is 1. The fourth-order valence-electron chi connectivity index (χ4n) is 1.86. The maximum absolute atomic E-state index is 11.2. The molecule has 2 rings (SSSR count). The lowest BCUT2D eigenvalue weighted by molar-refractivity contribution is 0.0699. The molecule has 18 heavy (non-hydrogen) atoms. The highest BCUT2D eigenvalue weighted by molar-refractivity contribution is 8.00. The highest BCUT2D eigenvalue weighted by atomic mass is 32.2. The Morgan fingerprint density at radius 3 is 2.50 bits per heavy atom. The van der Waals surface area contributed by atoms with E-state index in [-0.39, 0.29) is 0 Å². The van der Waals surface area contributed by atoms with Crippen LogP contribution in [0.2, 0.25) is 0 Å². The molecule has 94 valence electrons. The van der Waals surface area contributed by atoms with Crippen LogP contribution in [-0.2, 0) is 0 Å². The summed E-state index contributed by atoms with van der Waals surface area (Å²) < 4.78 is 0. The molecule has 0 bridgehead atoms. The van der Waals surface area contributed by atoms with Crippen LogP contribution in [0.25, 0.3) is 10.8 Å². The molecule has 0 saturated heterocycles. The lowest BCUT2D eigenvalue weighted by Gasteiger charge is -2.12. The van der Waals surface area contributed by atoms with Gasteiger partial charge >= 0.3 is 5.97 Å². The summed E-state index contributed by atoms with van der Waals surface area (Å²) in [5.41, 5.74) is 0.374. The Balaban J connectivity index is 2.57. The summed E-state index contributed by atoms with van der Waals surface area (Å²) >= 11 is 1.80. The molecule has 2 aromatic carbocycles. The van der Waals surface area contributed by atoms with Gasteiger partial charge in [0.15, 0.2) is 0 Å². The van der Waals surface area contributed by atoms with Gasteiger partial charge in [-0.05, 0) is 29.3 Å². The number of carboxylic acids is 1. The Morgan fingerprint density at radius 1 is 1.22 bits per heavy atom. The maximum Gasteiger partial charge on any atom is 0.336 e. The normalized spacial score (nSPS) is 12.6. The summed E-state index contributed by atoms with van der Waals surface area (Å²) in [5.74, 6) is -0.869. The van der Waals surface area contributed by atoms with Crippen molar-refractivity contribution in [3.8, 4) is 0 Å². The van der Waals surface area contributed by atoms with Crippen molar-refractivity contribution in [1.29, 1.82) is 0 Å². The lowest BCUT2D eigenvalue weighted by Crippen LogP contribution is -1.99. The number of benzene rings is 2. The zero-order valence-electron chi connectivity index (χ0n) is 10.5. The van der Waals surface area contributed by atoms with Gasteiger partial charge in [-0.3, -0.25) is 0 Å². The number of aromatic carboxylic acids is 1. The minimum absolute atomic E-state index is 0.374. The van der Waals surface area contributed by atoms with E-state index in [0.29, 0.717) is 10.8 Å². The molecule has 0 amide bonds. The van der Waals surface area contributed by atoms with Gasteiger partial charge in [0.25, 0.3) is 0 Å². The lowest BCUT2D eigenvalue weighted by atomic mass is 10.0. The first-order chi connectivity index (χ1) is 8.63. The smallest absolute Gasteiger partial charge is 0.336 e. The predicted octanol–water partition coefficient (Wildman–Crippen LogP) is 4.43. The van der Waals surface area contributed by atoms with E-state index in [1.165, 1.54) is 0 Å². The van der Waals surface area contributed by atoms with E-state index in [1.807, 2.05) is 30.3 Å². The molecule has 2 aromatic rings. The summed E-state index contributed by atoms with van der Waals surface area (Å²) in [6.07, 6.45) is 1.10. The molecule has 0 aromatic heterocycles. The van der Waals surface area contributed by atoms with Crippen molar-refractivity contribution in [3.05, 3.63) is 42.0 Å². The summed E-state index contributed by atoms with van der Waals surface area (Å²) in [6, 6.07) is 11.3. The Kier molecular flexibility index (Phi) is 3.92. The summed E-state index contributed by atoms with van der Waals surface area (Å²) in [5, 5.41) is 11.6. The van der Waals surface area contributed by atoms with Crippen molar-refractivity contribution >= 4 is 28.5 Å². The highest BCUT2D eigenvalue weighted by Gasteiger charge is 2.12. The van der Waals surface area contributed by atoms with E-state index in [4.69, 9.17) is 0 Å². The van der Waals surface area contributed by atoms with Gasteiger partial charge in [0.05, 0.1) is 5.56 Å². The first-order valence-electron chi connectivity index (χ1n) is 6.05. The second-order valence-electron chi connectivity index (χ2n) is 4.30. The van der Waals surface area contributed by atoms with E-state index in [0.717, 1.165) is 22.1 Å². The molecule has 1 atom stereocenters. The molecule has 0 saturated carbocycles. The molecule has 0 fully saturated rings. The van der Waals surface area contributed by atoms with Gasteiger partial charge in [0.1, 0.15) is 0 Å². The molecule has 0 spiro atoms. The molecular weight excluding hydrogens is 244 g/mol. The molecule has 0 aliphatic heterocycles. The third-order valence-electron chi connectivity index (χ3n) is 3.02. The van der Waals surface area contributed by atoms with Crippen LogP contribution in [0.5, 0.6) is 0 Å². The highest BCUT2D eigenvalue weighted by Crippen LogP contribution is 2.33. The fourth-order valence-corrected chi connectivity index (χ4v) is 2.91. The number of carbonyl (C=O) groups is 1. The number of thioether (sulfide) groups is 1. The SMILES string of the molecule is CCC(C)Sc1ccc(C(=O)O)c2ccccc12. The Labute approximate surface area is 111 Å². The van der Waals surface area contributed by atoms with Crippen LogP contribution in [0.3, 0.4) is 0 Å². The minimum atomic E-state index is -0.869. The Bertz CT molecular complexity index is 578. The third-order valence-corrected chi connectivity index (χ3v) is 4.36. The summed E-state index contributed by atoms with van der Waals surface area (Å²) in [4.78, 5) is 12.4. The first-order valence-corrected chi connectivity index (χ1v) is 6.93. The van der Waals surface area contributed by atoms with Crippen molar-refractivity contribution in [3.63, 3.8) is 0 Å². The van der Waals surface area contributed by atoms with E-state index in [2.05, 4.69) is 13.8 Å². The third kappa shape index (κ3) is 2.51. The van der Waals surface area contributed by atoms with Gasteiger partial charge in [-0.1, -0.05) is 38.1 Å². The van der Waals surface area contributed by atoms with Crippen molar-refractivity contribution < 1.29 is 9.90 Å². The van der Waals surface area contributed by atoms with Crippen LogP contribution in [0.1, 0.15) is 30.6 Å². The largest absolute Gasteiger partial charge is 0.478 e. The van der Waals surface area contributed by atoms with Crippen LogP contribution >= 0.6 is 11.8 Å². The molecule has 2 nitrogen and oxygen atoms in total. The van der Waals surface area contributed by atoms with Crippen molar-refractivity contribution in [1.82, 2.24) is 0 Å². The second kappa shape index (κ2) is 5.44. The molecular formula is C15H16O2S. The standard InChI is InChI=1S/C15H16O2S/c1-3-10(2)18-14-9-8-13(15(16)17)11-6-4-5-7-12(11)14/h4-10H,3H2,1-2H3,(H,16,17). The number of fused-ring (bicyclic) bond motifs is 1. The van der Waals surface area contributed by atoms with Gasteiger partial charge in [-0.2, -0.15) is 0 Å². The quantitative estimate of drug-likeness (QED) is 0.826. The average molecular weight is 260 g/mol. The van der Waals surface area contributed by atoms with Gasteiger partial charge in [0, 0.05) is 10.1 Å². The fraction of sp³-hybridized carbons (Fsp3) is 0.267. The van der Waals surface area contributed by atoms with Gasteiger partial charge in [0.2, 0.25) is 0 Å². The summed E-state index contributed by atoms with van der Waals surface area (Å²) in [6.45, 7) is 4.34. The van der Waals surface area contributed by atoms with Gasteiger partial charge in [-0.15, -0.1) is 11.8 Å². The molecule has 1 unspecified atom stereocenters. The molecule has 1 N–H and O–H groups in total. The predicted molar refractivity (Wildman–Crippen MR) is 76.5 cm³/mol.